The van der Waals surface area contributed by atoms with Crippen LogP contribution in [-0.4, -0.2) is 42.2 Å². The molecule has 2 heterocycles. The van der Waals surface area contributed by atoms with Crippen molar-refractivity contribution < 1.29 is 14.3 Å². The SMILES string of the molecule is O=C(N=[N+]=Nc1ccc(N2CCOCC2)cc1)c1ccc(-c2nc3ccc(OCc4ccccc4)cc3[nH]2)cc1. The average molecular weight is 532 g/mol. The molecule has 9 nitrogen and oxygen atoms in total. The van der Waals surface area contributed by atoms with Crippen molar-refractivity contribution in [2.75, 3.05) is 31.2 Å². The predicted molar refractivity (Wildman–Crippen MR) is 153 cm³/mol. The van der Waals surface area contributed by atoms with Gasteiger partial charge in [-0.05, 0) is 54.1 Å². The molecule has 40 heavy (non-hydrogen) atoms. The lowest BCUT2D eigenvalue weighted by Crippen LogP contribution is -2.36. The molecule has 0 atom stereocenters. The molecule has 0 aliphatic carbocycles. The van der Waals surface area contributed by atoms with E-state index in [0.29, 0.717) is 23.7 Å². The van der Waals surface area contributed by atoms with Crippen LogP contribution in [-0.2, 0) is 11.3 Å². The van der Waals surface area contributed by atoms with Crippen LogP contribution in [0.25, 0.3) is 22.4 Å². The third-order valence-electron chi connectivity index (χ3n) is 6.63. The summed E-state index contributed by atoms with van der Waals surface area (Å²) in [6, 6.07) is 30.5. The zero-order valence-corrected chi connectivity index (χ0v) is 21.7. The van der Waals surface area contributed by atoms with Crippen molar-refractivity contribution in [3.8, 4) is 17.1 Å². The van der Waals surface area contributed by atoms with Crippen molar-refractivity contribution >= 4 is 28.3 Å². The molecule has 6 rings (SSSR count). The summed E-state index contributed by atoms with van der Waals surface area (Å²) < 4.78 is 11.3. The van der Waals surface area contributed by atoms with Crippen molar-refractivity contribution in [1.29, 1.82) is 0 Å². The van der Waals surface area contributed by atoms with Gasteiger partial charge in [0.2, 0.25) is 10.0 Å². The Balaban J connectivity index is 1.09. The van der Waals surface area contributed by atoms with Gasteiger partial charge in [0, 0.05) is 36.0 Å². The molecule has 1 aliphatic heterocycles. The Morgan fingerprint density at radius 3 is 2.50 bits per heavy atom. The minimum atomic E-state index is -0.468. The van der Waals surface area contributed by atoms with Crippen molar-refractivity contribution in [3.63, 3.8) is 0 Å². The largest absolute Gasteiger partial charge is 0.489 e. The summed E-state index contributed by atoms with van der Waals surface area (Å²) >= 11 is 0. The van der Waals surface area contributed by atoms with Gasteiger partial charge in [0.1, 0.15) is 18.2 Å². The minimum Gasteiger partial charge on any atom is -0.489 e. The van der Waals surface area contributed by atoms with Crippen LogP contribution in [0.4, 0.5) is 11.4 Å². The molecule has 9 heteroatoms. The van der Waals surface area contributed by atoms with E-state index in [0.717, 1.165) is 59.9 Å². The van der Waals surface area contributed by atoms with Gasteiger partial charge < -0.3 is 19.4 Å². The lowest BCUT2D eigenvalue weighted by molar-refractivity contribution is 0.0992. The molecule has 1 aromatic heterocycles. The highest BCUT2D eigenvalue weighted by molar-refractivity contribution is 5.94. The molecule has 1 aliphatic rings. The molecule has 4 aromatic carbocycles. The highest BCUT2D eigenvalue weighted by Crippen LogP contribution is 2.25. The third kappa shape index (κ3) is 5.96. The molecular formula is C31H27N6O3+. The summed E-state index contributed by atoms with van der Waals surface area (Å²) in [6.45, 7) is 3.69. The molecule has 1 saturated heterocycles. The number of amides is 1. The van der Waals surface area contributed by atoms with Crippen LogP contribution in [0.3, 0.4) is 0 Å². The number of hydrogen-bond acceptors (Lipinski definition) is 6. The van der Waals surface area contributed by atoms with Crippen molar-refractivity contribution in [2.45, 2.75) is 6.61 Å². The Kier molecular flexibility index (Phi) is 7.39. The van der Waals surface area contributed by atoms with E-state index in [2.05, 4.69) is 30.0 Å². The first-order valence-corrected chi connectivity index (χ1v) is 13.1. The Bertz CT molecular complexity index is 1670. The molecular weight excluding hydrogens is 504 g/mol. The van der Waals surface area contributed by atoms with Crippen molar-refractivity contribution in [3.05, 3.63) is 108 Å². The minimum absolute atomic E-state index is 0.415. The molecule has 1 N–H and O–H groups in total. The van der Waals surface area contributed by atoms with Crippen molar-refractivity contribution in [2.24, 2.45) is 10.2 Å². The molecule has 0 saturated carbocycles. The van der Waals surface area contributed by atoms with Gasteiger partial charge in [-0.1, -0.05) is 42.5 Å². The van der Waals surface area contributed by atoms with Gasteiger partial charge in [-0.15, -0.1) is 0 Å². The lowest BCUT2D eigenvalue weighted by Gasteiger charge is -2.28. The van der Waals surface area contributed by atoms with Crippen LogP contribution < -0.4 is 14.5 Å². The third-order valence-corrected chi connectivity index (χ3v) is 6.63. The Morgan fingerprint density at radius 2 is 1.73 bits per heavy atom. The van der Waals surface area contributed by atoms with E-state index in [4.69, 9.17) is 9.47 Å². The smallest absolute Gasteiger partial charge is 0.360 e. The second-order valence-corrected chi connectivity index (χ2v) is 9.33. The monoisotopic (exact) mass is 531 g/mol. The number of aromatic amines is 1. The second-order valence-electron chi connectivity index (χ2n) is 9.33. The zero-order chi connectivity index (χ0) is 27.1. The first-order chi connectivity index (χ1) is 19.7. The van der Waals surface area contributed by atoms with E-state index in [9.17, 15) is 4.79 Å². The number of aromatic nitrogens is 2. The predicted octanol–water partition coefficient (Wildman–Crippen LogP) is 6.09. The number of carbonyl (C=O) groups is 1. The molecule has 1 amide bonds. The molecule has 0 radical (unpaired) electrons. The van der Waals surface area contributed by atoms with E-state index in [-0.39, 0.29) is 0 Å². The van der Waals surface area contributed by atoms with Gasteiger partial charge in [0.15, 0.2) is 10.8 Å². The number of benzene rings is 4. The number of nitrogens with one attached hydrogen (secondary N) is 1. The van der Waals surface area contributed by atoms with Gasteiger partial charge in [-0.25, -0.2) is 4.98 Å². The fraction of sp³-hybridized carbons (Fsp3) is 0.161. The first-order valence-electron chi connectivity index (χ1n) is 13.1. The van der Waals surface area contributed by atoms with Crippen molar-refractivity contribution in [1.82, 2.24) is 14.9 Å². The quantitative estimate of drug-likeness (QED) is 0.202. The van der Waals surface area contributed by atoms with E-state index >= 15 is 0 Å². The van der Waals surface area contributed by atoms with Crippen LogP contribution in [0.2, 0.25) is 0 Å². The Labute approximate surface area is 230 Å². The molecule has 0 unspecified atom stereocenters. The average Bonchev–Trinajstić information content (AvgIpc) is 3.45. The molecule has 1 fully saturated rings. The summed E-state index contributed by atoms with van der Waals surface area (Å²) in [5, 5.41) is 7.80. The number of H-pyrrole nitrogens is 1. The number of imidazole rings is 1. The van der Waals surface area contributed by atoms with Crippen LogP contribution >= 0.6 is 0 Å². The summed E-state index contributed by atoms with van der Waals surface area (Å²) in [4.78, 5) is 26.5. The van der Waals surface area contributed by atoms with Gasteiger partial charge in [0.05, 0.1) is 24.2 Å². The molecule has 198 valence electrons. The highest BCUT2D eigenvalue weighted by Gasteiger charge is 2.13. The number of carbonyl (C=O) groups excluding carboxylic acids is 1. The fourth-order valence-corrected chi connectivity index (χ4v) is 4.45. The zero-order valence-electron chi connectivity index (χ0n) is 21.7. The maximum atomic E-state index is 12.5. The van der Waals surface area contributed by atoms with Gasteiger partial charge >= 0.3 is 5.91 Å². The number of anilines is 1. The number of ether oxygens (including phenoxy) is 2. The Hall–Kier alpha value is -5.11. The maximum absolute atomic E-state index is 12.5. The molecule has 0 spiro atoms. The van der Waals surface area contributed by atoms with Crippen LogP contribution in [0, 0.1) is 0 Å². The van der Waals surface area contributed by atoms with Gasteiger partial charge in [-0.3, -0.25) is 4.79 Å². The Morgan fingerprint density at radius 1 is 0.950 bits per heavy atom. The normalized spacial score (nSPS) is 13.1. The summed E-state index contributed by atoms with van der Waals surface area (Å²) in [5.74, 6) is 0.993. The van der Waals surface area contributed by atoms with E-state index in [1.807, 2.05) is 84.9 Å². The number of nitrogens with zero attached hydrogens (tertiary/aromatic N) is 5. The first kappa shape index (κ1) is 25.2. The number of morpholine rings is 1. The van der Waals surface area contributed by atoms with E-state index in [1.165, 1.54) is 0 Å². The summed E-state index contributed by atoms with van der Waals surface area (Å²) in [7, 11) is 0. The fourth-order valence-electron chi connectivity index (χ4n) is 4.45. The lowest BCUT2D eigenvalue weighted by atomic mass is 10.1. The molecule has 0 bridgehead atoms. The highest BCUT2D eigenvalue weighted by atomic mass is 16.5. The number of fused-ring (bicyclic) bond motifs is 1. The van der Waals surface area contributed by atoms with E-state index < -0.39 is 5.91 Å². The summed E-state index contributed by atoms with van der Waals surface area (Å²) in [5.41, 5.74) is 5.80. The topological polar surface area (TPSA) is 106 Å². The number of hydrogen-bond donors (Lipinski definition) is 1. The van der Waals surface area contributed by atoms with Crippen LogP contribution in [0.1, 0.15) is 15.9 Å². The number of rotatable bonds is 7. The van der Waals surface area contributed by atoms with Gasteiger partial charge in [-0.2, -0.15) is 0 Å². The summed E-state index contributed by atoms with van der Waals surface area (Å²) in [6.07, 6.45) is 0. The van der Waals surface area contributed by atoms with E-state index in [1.54, 1.807) is 12.1 Å². The van der Waals surface area contributed by atoms with Crippen LogP contribution in [0.15, 0.2) is 107 Å². The maximum Gasteiger partial charge on any atom is 0.360 e. The molecule has 5 aromatic rings. The standard InChI is InChI=1S/C31H26N6O3/c38-31(35-36-34-25-10-12-26(13-11-25)37-16-18-39-19-17-37)24-8-6-23(7-9-24)30-32-28-15-14-27(20-29(28)33-30)40-21-22-4-2-1-3-5-22/h1-15,20H,16-19,21H2/p+1. The van der Waals surface area contributed by atoms with Crippen LogP contribution in [0.5, 0.6) is 5.75 Å². The second kappa shape index (κ2) is 11.7. The van der Waals surface area contributed by atoms with Gasteiger partial charge in [0.25, 0.3) is 0 Å².